The quantitative estimate of drug-likeness (QED) is 0.885. The van der Waals surface area contributed by atoms with Crippen molar-refractivity contribution in [1.82, 2.24) is 15.3 Å². The summed E-state index contributed by atoms with van der Waals surface area (Å²) in [5, 5.41) is 5.74. The van der Waals surface area contributed by atoms with Gasteiger partial charge in [0.25, 0.3) is 5.91 Å². The van der Waals surface area contributed by atoms with Crippen molar-refractivity contribution in [3.63, 3.8) is 0 Å². The van der Waals surface area contributed by atoms with Crippen LogP contribution in [0.4, 0.5) is 15.9 Å². The number of pyridine rings is 2. The van der Waals surface area contributed by atoms with Gasteiger partial charge >= 0.3 is 0 Å². The lowest BCUT2D eigenvalue weighted by atomic mass is 9.97. The molecular weight excluding hydrogens is 327 g/mol. The van der Waals surface area contributed by atoms with Crippen molar-refractivity contribution in [2.45, 2.75) is 20.8 Å². The van der Waals surface area contributed by atoms with Crippen LogP contribution in [0, 0.1) is 11.2 Å². The second-order valence-corrected chi connectivity index (χ2v) is 6.85. The van der Waals surface area contributed by atoms with E-state index >= 15 is 0 Å². The predicted molar refractivity (Wildman–Crippen MR) is 89.6 cm³/mol. The minimum absolute atomic E-state index is 0.0154. The van der Waals surface area contributed by atoms with Crippen molar-refractivity contribution in [3.8, 4) is 11.5 Å². The van der Waals surface area contributed by atoms with Crippen LogP contribution in [0.3, 0.4) is 0 Å². The third-order valence-corrected chi connectivity index (χ3v) is 3.33. The summed E-state index contributed by atoms with van der Waals surface area (Å²) in [7, 11) is 0. The molecule has 0 saturated carbocycles. The zero-order chi connectivity index (χ0) is 18.0. The molecule has 0 atom stereocenters. The number of carbonyl (C=O) groups excluding carboxylic acids is 1. The van der Waals surface area contributed by atoms with Crippen molar-refractivity contribution in [3.05, 3.63) is 36.0 Å². The molecule has 2 N–H and O–H groups in total. The van der Waals surface area contributed by atoms with E-state index in [0.717, 1.165) is 6.20 Å². The zero-order valence-electron chi connectivity index (χ0n) is 14.2. The van der Waals surface area contributed by atoms with Gasteiger partial charge < -0.3 is 20.1 Å². The number of nitrogens with one attached hydrogen (secondary N) is 2. The average molecular weight is 346 g/mol. The molecule has 1 amide bonds. The Morgan fingerprint density at radius 2 is 2.08 bits per heavy atom. The summed E-state index contributed by atoms with van der Waals surface area (Å²) in [4.78, 5) is 20.6. The van der Waals surface area contributed by atoms with Gasteiger partial charge in [0.2, 0.25) is 6.79 Å². The summed E-state index contributed by atoms with van der Waals surface area (Å²) < 4.78 is 24.0. The molecule has 0 fully saturated rings. The van der Waals surface area contributed by atoms with Crippen LogP contribution in [-0.2, 0) is 0 Å². The summed E-state index contributed by atoms with van der Waals surface area (Å²) in [6.45, 7) is 6.54. The van der Waals surface area contributed by atoms with Gasteiger partial charge in [-0.25, -0.2) is 9.37 Å². The second kappa shape index (κ2) is 6.54. The molecule has 132 valence electrons. The Morgan fingerprint density at radius 3 is 2.80 bits per heavy atom. The normalized spacial score (nSPS) is 12.8. The van der Waals surface area contributed by atoms with Gasteiger partial charge in [0.15, 0.2) is 17.2 Å². The lowest BCUT2D eigenvalue weighted by molar-refractivity contribution is 0.0929. The molecule has 3 heterocycles. The molecule has 7 nitrogen and oxygen atoms in total. The first-order valence-corrected chi connectivity index (χ1v) is 7.78. The number of nitrogens with zero attached hydrogens (tertiary/aromatic N) is 2. The third kappa shape index (κ3) is 4.14. The molecule has 2 aromatic heterocycles. The van der Waals surface area contributed by atoms with Crippen molar-refractivity contribution in [2.75, 3.05) is 18.7 Å². The van der Waals surface area contributed by atoms with Crippen molar-refractivity contribution in [2.24, 2.45) is 5.41 Å². The van der Waals surface area contributed by atoms with Crippen LogP contribution in [0.15, 0.2) is 24.5 Å². The van der Waals surface area contributed by atoms with E-state index in [4.69, 9.17) is 9.47 Å². The fourth-order valence-electron chi connectivity index (χ4n) is 2.18. The highest BCUT2D eigenvalue weighted by Gasteiger charge is 2.26. The van der Waals surface area contributed by atoms with Gasteiger partial charge in [0.05, 0.1) is 18.1 Å². The van der Waals surface area contributed by atoms with E-state index in [2.05, 4.69) is 20.6 Å². The van der Waals surface area contributed by atoms with E-state index in [0.29, 0.717) is 29.5 Å². The molecule has 1 aliphatic heterocycles. The van der Waals surface area contributed by atoms with Crippen LogP contribution in [0.1, 0.15) is 31.3 Å². The minimum Gasteiger partial charge on any atom is -0.453 e. The number of hydrogen-bond acceptors (Lipinski definition) is 6. The van der Waals surface area contributed by atoms with Gasteiger partial charge in [-0.2, -0.15) is 0 Å². The molecule has 3 rings (SSSR count). The highest BCUT2D eigenvalue weighted by atomic mass is 19.1. The number of carbonyl (C=O) groups is 1. The summed E-state index contributed by atoms with van der Waals surface area (Å²) >= 11 is 0. The molecule has 0 saturated heterocycles. The van der Waals surface area contributed by atoms with Crippen molar-refractivity contribution in [1.29, 1.82) is 0 Å². The highest BCUT2D eigenvalue weighted by Crippen LogP contribution is 2.37. The molecule has 0 spiro atoms. The number of ether oxygens (including phenoxy) is 2. The Hall–Kier alpha value is -2.90. The first kappa shape index (κ1) is 16.9. The number of anilines is 2. The lowest BCUT2D eigenvalue weighted by Gasteiger charge is -2.19. The summed E-state index contributed by atoms with van der Waals surface area (Å²) in [6, 6.07) is 2.87. The van der Waals surface area contributed by atoms with Gasteiger partial charge in [0, 0.05) is 18.7 Å². The first-order chi connectivity index (χ1) is 11.8. The number of halogens is 1. The molecule has 0 aromatic carbocycles. The maximum absolute atomic E-state index is 13.3. The number of fused-ring (bicyclic) bond motifs is 1. The maximum atomic E-state index is 13.3. The first-order valence-electron chi connectivity index (χ1n) is 7.78. The van der Waals surface area contributed by atoms with Gasteiger partial charge in [0.1, 0.15) is 11.6 Å². The van der Waals surface area contributed by atoms with E-state index < -0.39 is 5.82 Å². The second-order valence-electron chi connectivity index (χ2n) is 6.85. The molecule has 0 unspecified atom stereocenters. The average Bonchev–Trinajstić information content (AvgIpc) is 2.99. The molecule has 1 aliphatic rings. The monoisotopic (exact) mass is 346 g/mol. The molecule has 2 aromatic rings. The van der Waals surface area contributed by atoms with E-state index in [1.165, 1.54) is 12.3 Å². The molecule has 0 aliphatic carbocycles. The standard InChI is InChI=1S/C17H19FN4O3/c1-17(2,3)8-20-16(23)14-15-12(24-9-25-15)5-13(22-14)21-11-4-10(18)6-19-7-11/h4-7H,8-9H2,1-3H3,(H,20,23)(H,21,22). The largest absolute Gasteiger partial charge is 0.453 e. The summed E-state index contributed by atoms with van der Waals surface area (Å²) in [6.07, 6.45) is 2.55. The SMILES string of the molecule is CC(C)(C)CNC(=O)c1nc(Nc2cncc(F)c2)cc2c1OCO2. The Labute approximate surface area is 144 Å². The molecular formula is C17H19FN4O3. The third-order valence-electron chi connectivity index (χ3n) is 3.33. The fraction of sp³-hybridized carbons (Fsp3) is 0.353. The van der Waals surface area contributed by atoms with E-state index in [-0.39, 0.29) is 23.8 Å². The molecule has 0 radical (unpaired) electrons. The lowest BCUT2D eigenvalue weighted by Crippen LogP contribution is -2.33. The van der Waals surface area contributed by atoms with Crippen molar-refractivity contribution < 1.29 is 18.7 Å². The van der Waals surface area contributed by atoms with E-state index in [9.17, 15) is 9.18 Å². The predicted octanol–water partition coefficient (Wildman–Crippen LogP) is 2.86. The number of rotatable bonds is 4. The van der Waals surface area contributed by atoms with Gasteiger partial charge in [-0.1, -0.05) is 20.8 Å². The number of amides is 1. The Balaban J connectivity index is 1.87. The van der Waals surface area contributed by atoms with Gasteiger partial charge in [-0.05, 0) is 5.41 Å². The minimum atomic E-state index is -0.478. The van der Waals surface area contributed by atoms with E-state index in [1.807, 2.05) is 20.8 Å². The Kier molecular flexibility index (Phi) is 4.43. The van der Waals surface area contributed by atoms with Crippen LogP contribution in [0.2, 0.25) is 0 Å². The maximum Gasteiger partial charge on any atom is 0.274 e. The molecule has 25 heavy (non-hydrogen) atoms. The van der Waals surface area contributed by atoms with Crippen molar-refractivity contribution >= 4 is 17.4 Å². The fourth-order valence-corrected chi connectivity index (χ4v) is 2.18. The van der Waals surface area contributed by atoms with E-state index in [1.54, 1.807) is 6.07 Å². The summed E-state index contributed by atoms with van der Waals surface area (Å²) in [5.74, 6) is 0.196. The topological polar surface area (TPSA) is 85.4 Å². The Bertz CT molecular complexity index is 805. The molecule has 0 bridgehead atoms. The van der Waals surface area contributed by atoms with Gasteiger partial charge in [-0.15, -0.1) is 0 Å². The van der Waals surface area contributed by atoms with Crippen LogP contribution in [0.25, 0.3) is 0 Å². The highest BCUT2D eigenvalue weighted by molar-refractivity contribution is 5.96. The zero-order valence-corrected chi connectivity index (χ0v) is 14.2. The van der Waals surface area contributed by atoms with Crippen LogP contribution in [-0.4, -0.2) is 29.2 Å². The van der Waals surface area contributed by atoms with Gasteiger partial charge in [-0.3, -0.25) is 9.78 Å². The van der Waals surface area contributed by atoms with Crippen LogP contribution >= 0.6 is 0 Å². The van der Waals surface area contributed by atoms with Crippen LogP contribution < -0.4 is 20.1 Å². The Morgan fingerprint density at radius 1 is 1.28 bits per heavy atom. The molecule has 8 heteroatoms. The smallest absolute Gasteiger partial charge is 0.274 e. The summed E-state index contributed by atoms with van der Waals surface area (Å²) in [5.41, 5.74) is 0.456. The van der Waals surface area contributed by atoms with Crippen LogP contribution in [0.5, 0.6) is 11.5 Å². The number of aromatic nitrogens is 2. The number of hydrogen-bond donors (Lipinski definition) is 2.